The topological polar surface area (TPSA) is 180 Å². The zero-order valence-electron chi connectivity index (χ0n) is 21.0. The SMILES string of the molecule is O=C1NC(=O)N(c2cccnc2)C(=O)C1=CC=C(C=Cc1c(O)[nH]c(=O)n(-c2cccnc2)c1=O)c1ccncc1. The maximum Gasteiger partial charge on any atom is 0.336 e. The van der Waals surface area contributed by atoms with Crippen molar-refractivity contribution >= 4 is 35.2 Å². The molecule has 3 N–H and O–H groups in total. The van der Waals surface area contributed by atoms with Crippen molar-refractivity contribution in [2.75, 3.05) is 4.90 Å². The van der Waals surface area contributed by atoms with Gasteiger partial charge in [-0.25, -0.2) is 19.1 Å². The third kappa shape index (κ3) is 5.35. The van der Waals surface area contributed by atoms with Crippen LogP contribution < -0.4 is 21.5 Å². The molecule has 1 aliphatic heterocycles. The van der Waals surface area contributed by atoms with Crippen LogP contribution in [0.15, 0.2) is 107 Å². The van der Waals surface area contributed by atoms with Crippen molar-refractivity contribution in [3.63, 3.8) is 0 Å². The van der Waals surface area contributed by atoms with Crippen molar-refractivity contribution in [2.24, 2.45) is 0 Å². The minimum atomic E-state index is -0.915. The molecule has 4 amide bonds. The van der Waals surface area contributed by atoms with Crippen molar-refractivity contribution in [1.82, 2.24) is 29.8 Å². The van der Waals surface area contributed by atoms with Crippen LogP contribution in [0.1, 0.15) is 11.1 Å². The van der Waals surface area contributed by atoms with E-state index >= 15 is 0 Å². The first kappa shape index (κ1) is 26.4. The Morgan fingerprint density at radius 2 is 1.54 bits per heavy atom. The molecule has 1 fully saturated rings. The van der Waals surface area contributed by atoms with Crippen molar-refractivity contribution in [2.45, 2.75) is 0 Å². The van der Waals surface area contributed by atoms with E-state index in [0.29, 0.717) is 11.1 Å². The van der Waals surface area contributed by atoms with Crippen molar-refractivity contribution in [3.8, 4) is 11.6 Å². The predicted octanol–water partition coefficient (Wildman–Crippen LogP) is 1.72. The number of hydrogen-bond acceptors (Lipinski definition) is 9. The van der Waals surface area contributed by atoms with Crippen LogP contribution in [0, 0.1) is 0 Å². The molecule has 1 saturated heterocycles. The summed E-state index contributed by atoms with van der Waals surface area (Å²) in [5.74, 6) is -2.41. The maximum absolute atomic E-state index is 13.2. The quantitative estimate of drug-likeness (QED) is 0.183. The van der Waals surface area contributed by atoms with E-state index in [0.717, 1.165) is 9.47 Å². The Balaban J connectivity index is 1.58. The molecule has 5 heterocycles. The molecular formula is C28H19N7O6. The largest absolute Gasteiger partial charge is 0.494 e. The molecule has 13 nitrogen and oxygen atoms in total. The molecular weight excluding hydrogens is 530 g/mol. The second-order valence-corrected chi connectivity index (χ2v) is 8.43. The first-order chi connectivity index (χ1) is 19.8. The number of pyridine rings is 3. The highest BCUT2D eigenvalue weighted by Crippen LogP contribution is 2.22. The zero-order valence-corrected chi connectivity index (χ0v) is 21.0. The third-order valence-electron chi connectivity index (χ3n) is 5.90. The number of barbiturate groups is 1. The van der Waals surface area contributed by atoms with Gasteiger partial charge in [-0.2, -0.15) is 0 Å². The highest BCUT2D eigenvalue weighted by Gasteiger charge is 2.36. The zero-order chi connectivity index (χ0) is 28.9. The summed E-state index contributed by atoms with van der Waals surface area (Å²) in [4.78, 5) is 78.6. The van der Waals surface area contributed by atoms with Gasteiger partial charge in [0.1, 0.15) is 11.1 Å². The smallest absolute Gasteiger partial charge is 0.336 e. The minimum Gasteiger partial charge on any atom is -0.494 e. The van der Waals surface area contributed by atoms with E-state index in [2.05, 4.69) is 25.3 Å². The number of anilines is 1. The van der Waals surface area contributed by atoms with E-state index in [1.807, 2.05) is 0 Å². The molecule has 0 aromatic carbocycles. The van der Waals surface area contributed by atoms with Gasteiger partial charge in [-0.05, 0) is 59.7 Å². The Morgan fingerprint density at radius 1 is 0.854 bits per heavy atom. The number of H-pyrrole nitrogens is 1. The summed E-state index contributed by atoms with van der Waals surface area (Å²) in [7, 11) is 0. The molecule has 0 unspecified atom stereocenters. The number of carbonyl (C=O) groups excluding carboxylic acids is 3. The minimum absolute atomic E-state index is 0.171. The molecule has 4 aromatic rings. The predicted molar refractivity (Wildman–Crippen MR) is 147 cm³/mol. The van der Waals surface area contributed by atoms with Crippen LogP contribution in [0.25, 0.3) is 17.3 Å². The van der Waals surface area contributed by atoms with Gasteiger partial charge < -0.3 is 5.11 Å². The van der Waals surface area contributed by atoms with E-state index in [1.165, 1.54) is 79.7 Å². The number of hydrogen-bond donors (Lipinski definition) is 3. The standard InChI is InChI=1S/C28H19N7O6/c36-23-21(25(38)34(27(40)32-23)19-3-1-11-30-15-19)7-5-17(18-9-13-29-14-10-18)6-8-22-24(37)33-28(41)35(26(22)39)20-4-2-12-31-16-20/h1-16,36H,(H,32,40)(H,33,37,41). The van der Waals surface area contributed by atoms with Gasteiger partial charge in [0, 0.05) is 24.8 Å². The normalized spacial score (nSPS) is 15.0. The van der Waals surface area contributed by atoms with Crippen molar-refractivity contribution < 1.29 is 19.5 Å². The summed E-state index contributed by atoms with van der Waals surface area (Å²) in [5.41, 5.74) is -0.906. The van der Waals surface area contributed by atoms with E-state index < -0.39 is 35.0 Å². The van der Waals surface area contributed by atoms with Crippen LogP contribution >= 0.6 is 0 Å². The Bertz CT molecular complexity index is 1860. The van der Waals surface area contributed by atoms with Crippen molar-refractivity contribution in [3.05, 3.63) is 129 Å². The van der Waals surface area contributed by atoms with Crippen LogP contribution in [0.3, 0.4) is 0 Å². The summed E-state index contributed by atoms with van der Waals surface area (Å²) in [6.45, 7) is 0. The van der Waals surface area contributed by atoms with Gasteiger partial charge >= 0.3 is 11.7 Å². The molecule has 13 heteroatoms. The molecule has 0 aliphatic carbocycles. The summed E-state index contributed by atoms with van der Waals surface area (Å²) in [5, 5.41) is 12.5. The highest BCUT2D eigenvalue weighted by atomic mass is 16.3. The van der Waals surface area contributed by atoms with Crippen LogP contribution in [0.5, 0.6) is 5.88 Å². The van der Waals surface area contributed by atoms with Gasteiger partial charge in [-0.1, -0.05) is 12.2 Å². The fraction of sp³-hybridized carbons (Fsp3) is 0. The Hall–Kier alpha value is -6.24. The van der Waals surface area contributed by atoms with Gasteiger partial charge in [0.2, 0.25) is 5.88 Å². The first-order valence-corrected chi connectivity index (χ1v) is 11.9. The fourth-order valence-electron chi connectivity index (χ4n) is 3.95. The van der Waals surface area contributed by atoms with E-state index in [-0.39, 0.29) is 22.5 Å². The van der Waals surface area contributed by atoms with E-state index in [1.54, 1.807) is 18.2 Å². The Kier molecular flexibility index (Phi) is 7.23. The average molecular weight is 550 g/mol. The summed E-state index contributed by atoms with van der Waals surface area (Å²) in [6.07, 6.45) is 14.0. The molecule has 0 radical (unpaired) electrons. The number of aromatic nitrogens is 5. The molecule has 0 saturated carbocycles. The Labute approximate surface area is 230 Å². The number of amides is 4. The third-order valence-corrected chi connectivity index (χ3v) is 5.90. The average Bonchev–Trinajstić information content (AvgIpc) is 2.97. The fourth-order valence-corrected chi connectivity index (χ4v) is 3.95. The molecule has 4 aromatic heterocycles. The number of allylic oxidation sites excluding steroid dienone is 4. The van der Waals surface area contributed by atoms with Gasteiger partial charge in [-0.15, -0.1) is 0 Å². The second-order valence-electron chi connectivity index (χ2n) is 8.43. The maximum atomic E-state index is 13.2. The van der Waals surface area contributed by atoms with Crippen LogP contribution in [-0.4, -0.2) is 47.5 Å². The number of imide groups is 2. The summed E-state index contributed by atoms with van der Waals surface area (Å²) in [6, 6.07) is 8.46. The Morgan fingerprint density at radius 3 is 2.20 bits per heavy atom. The monoisotopic (exact) mass is 549 g/mol. The lowest BCUT2D eigenvalue weighted by molar-refractivity contribution is -0.122. The highest BCUT2D eigenvalue weighted by molar-refractivity contribution is 6.37. The van der Waals surface area contributed by atoms with Crippen molar-refractivity contribution in [1.29, 1.82) is 0 Å². The van der Waals surface area contributed by atoms with Crippen LogP contribution in [0.4, 0.5) is 10.5 Å². The molecule has 1 aliphatic rings. The number of carbonyl (C=O) groups is 3. The van der Waals surface area contributed by atoms with Crippen LogP contribution in [0.2, 0.25) is 0 Å². The van der Waals surface area contributed by atoms with Gasteiger partial charge in [0.15, 0.2) is 0 Å². The van der Waals surface area contributed by atoms with Gasteiger partial charge in [0.05, 0.1) is 23.8 Å². The number of nitrogens with zero attached hydrogens (tertiary/aromatic N) is 5. The summed E-state index contributed by atoms with van der Waals surface area (Å²) < 4.78 is 0.819. The molecule has 202 valence electrons. The lowest BCUT2D eigenvalue weighted by atomic mass is 10.0. The number of urea groups is 1. The second kappa shape index (κ2) is 11.2. The first-order valence-electron chi connectivity index (χ1n) is 11.9. The molecule has 41 heavy (non-hydrogen) atoms. The molecule has 0 spiro atoms. The lowest BCUT2D eigenvalue weighted by Crippen LogP contribution is -2.54. The van der Waals surface area contributed by atoms with E-state index in [4.69, 9.17) is 0 Å². The van der Waals surface area contributed by atoms with E-state index in [9.17, 15) is 29.1 Å². The molecule has 0 bridgehead atoms. The van der Waals surface area contributed by atoms with Crippen LogP contribution in [-0.2, 0) is 9.59 Å². The number of rotatable bonds is 6. The number of aromatic hydroxyl groups is 1. The molecule has 5 rings (SSSR count). The number of aromatic amines is 1. The van der Waals surface area contributed by atoms with Gasteiger partial charge in [-0.3, -0.25) is 39.6 Å². The van der Waals surface area contributed by atoms with Gasteiger partial charge in [0.25, 0.3) is 17.4 Å². The lowest BCUT2D eigenvalue weighted by Gasteiger charge is -2.25. The number of nitrogens with one attached hydrogen (secondary N) is 2. The molecule has 0 atom stereocenters. The summed E-state index contributed by atoms with van der Waals surface area (Å²) >= 11 is 0.